The third-order valence-corrected chi connectivity index (χ3v) is 8.37. The summed E-state index contributed by atoms with van der Waals surface area (Å²) in [5.74, 6) is -6.73. The summed E-state index contributed by atoms with van der Waals surface area (Å²) in [6.45, 7) is -2.92. The molecule has 0 aliphatic carbocycles. The van der Waals surface area contributed by atoms with Gasteiger partial charge in [0.15, 0.2) is 0 Å². The van der Waals surface area contributed by atoms with E-state index in [1.807, 2.05) is 0 Å². The molecule has 56 heavy (non-hydrogen) atoms. The highest BCUT2D eigenvalue weighted by Crippen LogP contribution is 2.07. The summed E-state index contributed by atoms with van der Waals surface area (Å²) in [6.07, 6.45) is 0. The molecule has 0 unspecified atom stereocenters. The average molecular weight is 785 g/mol. The van der Waals surface area contributed by atoms with E-state index >= 15 is 0 Å². The molecule has 0 spiro atoms. The van der Waals surface area contributed by atoms with Crippen molar-refractivity contribution in [3.8, 4) is 0 Å². The Kier molecular flexibility index (Phi) is 18.3. The number of hydrogen-bond donors (Lipinski definition) is 8. The summed E-state index contributed by atoms with van der Waals surface area (Å²) in [6, 6.07) is 13.7. The number of carboxylic acid groups (broad SMARTS) is 4. The lowest BCUT2D eigenvalue weighted by Crippen LogP contribution is -2.46. The van der Waals surface area contributed by atoms with Gasteiger partial charge in [-0.15, -0.1) is 0 Å². The van der Waals surface area contributed by atoms with E-state index in [1.54, 1.807) is 48.5 Å². The van der Waals surface area contributed by atoms with Crippen LogP contribution in [0.1, 0.15) is 22.3 Å². The number of carboxylic acids is 4. The number of hydrogen-bond acceptors (Lipinski definition) is 12. The van der Waals surface area contributed by atoms with Crippen LogP contribution < -0.4 is 21.3 Å². The SMILES string of the molecule is O=C(O)CN1CCN(CC(=O)O)CC(=O)NCc2ccc(cc2)CNC(=O)CN(CC(=O)O)CCN(CC(=O)O)CC(=O)NCc2ccc(cc2)CNC(=O)C1. The third kappa shape index (κ3) is 18.4. The smallest absolute Gasteiger partial charge is 0.317 e. The minimum Gasteiger partial charge on any atom is -0.480 e. The number of amides is 4. The lowest BCUT2D eigenvalue weighted by molar-refractivity contribution is -0.141. The third-order valence-electron chi connectivity index (χ3n) is 8.37. The lowest BCUT2D eigenvalue weighted by Gasteiger charge is -2.25. The van der Waals surface area contributed by atoms with Gasteiger partial charge in [-0.25, -0.2) is 0 Å². The molecule has 4 heterocycles. The molecule has 0 atom stereocenters. The molecule has 0 fully saturated rings. The molecule has 4 aliphatic rings. The first-order valence-corrected chi connectivity index (χ1v) is 17.6. The Hall–Kier alpha value is -5.96. The monoisotopic (exact) mass is 784 g/mol. The molecule has 0 radical (unpaired) electrons. The van der Waals surface area contributed by atoms with Crippen LogP contribution in [-0.4, -0.2) is 166 Å². The van der Waals surface area contributed by atoms with Crippen molar-refractivity contribution < 1.29 is 58.8 Å². The van der Waals surface area contributed by atoms with Gasteiger partial charge in [-0.2, -0.15) is 0 Å². The predicted molar refractivity (Wildman–Crippen MR) is 197 cm³/mol. The van der Waals surface area contributed by atoms with Gasteiger partial charge in [-0.3, -0.25) is 58.0 Å². The maximum Gasteiger partial charge on any atom is 0.317 e. The van der Waals surface area contributed by atoms with E-state index in [1.165, 1.54) is 19.6 Å². The molecule has 6 rings (SSSR count). The standard InChI is InChI=1S/C36H48N8O12/c45-29-17-41(21-33(49)50)9-10-43(23-35(53)54)19-31(47)39-15-27-5-7-28(8-6-27)16-40-32(48)20-44(24-36(55)56)12-11-42(22-34(51)52)18-30(46)38-14-26-2-1-25(3-4-26)13-37-29/h1-8H,9-24H2,(H,37,45)(H,38,46)(H,39,47)(H,40,48)(H,49,50)(H,51,52)(H,53,54)(H,55,56). The maximum atomic E-state index is 12.8. The Morgan fingerprint density at radius 3 is 0.732 bits per heavy atom. The Labute approximate surface area is 322 Å². The second kappa shape index (κ2) is 23.1. The molecule has 4 aliphatic heterocycles. The van der Waals surface area contributed by atoms with E-state index in [-0.39, 0.29) is 78.5 Å². The highest BCUT2D eigenvalue weighted by molar-refractivity contribution is 5.81. The fourth-order valence-electron chi connectivity index (χ4n) is 5.58. The number of carbonyl (C=O) groups is 8. The van der Waals surface area contributed by atoms with Crippen LogP contribution in [0.4, 0.5) is 0 Å². The number of aliphatic carboxylic acids is 4. The number of benzene rings is 2. The van der Waals surface area contributed by atoms with Crippen molar-refractivity contribution in [3.63, 3.8) is 0 Å². The van der Waals surface area contributed by atoms with Gasteiger partial charge in [0.05, 0.1) is 52.4 Å². The molecule has 304 valence electrons. The summed E-state index contributed by atoms with van der Waals surface area (Å²) < 4.78 is 0. The summed E-state index contributed by atoms with van der Waals surface area (Å²) >= 11 is 0. The van der Waals surface area contributed by atoms with Crippen molar-refractivity contribution in [3.05, 3.63) is 70.8 Å². The topological polar surface area (TPSA) is 279 Å². The van der Waals surface area contributed by atoms with Crippen molar-refractivity contribution in [2.45, 2.75) is 26.2 Å². The van der Waals surface area contributed by atoms with E-state index < -0.39 is 73.7 Å². The second-order valence-corrected chi connectivity index (χ2v) is 13.2. The molecule has 0 aromatic heterocycles. The molecule has 4 amide bonds. The number of nitrogens with one attached hydrogen (secondary N) is 4. The van der Waals surface area contributed by atoms with Gasteiger partial charge in [-0.05, 0) is 22.3 Å². The van der Waals surface area contributed by atoms with E-state index in [4.69, 9.17) is 0 Å². The average Bonchev–Trinajstić information content (AvgIpc) is 3.12. The van der Waals surface area contributed by atoms with Crippen LogP contribution in [0.2, 0.25) is 0 Å². The van der Waals surface area contributed by atoms with Crippen LogP contribution in [0.3, 0.4) is 0 Å². The van der Waals surface area contributed by atoms with Gasteiger partial charge >= 0.3 is 23.9 Å². The fraction of sp³-hybridized carbons (Fsp3) is 0.444. The van der Waals surface area contributed by atoms with Crippen LogP contribution in [0, 0.1) is 0 Å². The summed E-state index contributed by atoms with van der Waals surface area (Å²) in [7, 11) is 0. The Bertz CT molecular complexity index is 1440. The van der Waals surface area contributed by atoms with E-state index in [0.717, 1.165) is 0 Å². The van der Waals surface area contributed by atoms with Crippen molar-refractivity contribution in [2.75, 3.05) is 78.5 Å². The van der Waals surface area contributed by atoms with Gasteiger partial charge in [-0.1, -0.05) is 48.5 Å². The summed E-state index contributed by atoms with van der Waals surface area (Å²) in [4.78, 5) is 103. The number of rotatable bonds is 8. The molecule has 0 saturated heterocycles. The van der Waals surface area contributed by atoms with Crippen LogP contribution in [0.15, 0.2) is 48.5 Å². The van der Waals surface area contributed by atoms with Gasteiger partial charge in [0.1, 0.15) is 0 Å². The molecular weight excluding hydrogens is 736 g/mol. The lowest BCUT2D eigenvalue weighted by atomic mass is 10.1. The molecule has 4 bridgehead atoms. The predicted octanol–water partition coefficient (Wildman–Crippen LogP) is -2.59. The van der Waals surface area contributed by atoms with Crippen LogP contribution in [0.5, 0.6) is 0 Å². The van der Waals surface area contributed by atoms with Gasteiger partial charge in [0, 0.05) is 52.4 Å². The Morgan fingerprint density at radius 2 is 0.571 bits per heavy atom. The fourth-order valence-corrected chi connectivity index (χ4v) is 5.58. The second-order valence-electron chi connectivity index (χ2n) is 13.2. The van der Waals surface area contributed by atoms with Crippen molar-refractivity contribution >= 4 is 47.5 Å². The molecule has 0 saturated carbocycles. The summed E-state index contributed by atoms with van der Waals surface area (Å²) in [5, 5.41) is 48.5. The largest absolute Gasteiger partial charge is 0.480 e. The van der Waals surface area contributed by atoms with E-state index in [2.05, 4.69) is 21.3 Å². The molecule has 2 aromatic carbocycles. The first-order chi connectivity index (χ1) is 26.6. The van der Waals surface area contributed by atoms with Crippen LogP contribution >= 0.6 is 0 Å². The zero-order valence-electron chi connectivity index (χ0n) is 30.8. The van der Waals surface area contributed by atoms with Crippen LogP contribution in [0.25, 0.3) is 0 Å². The molecule has 20 nitrogen and oxygen atoms in total. The van der Waals surface area contributed by atoms with Gasteiger partial charge < -0.3 is 41.7 Å². The van der Waals surface area contributed by atoms with Crippen molar-refractivity contribution in [2.24, 2.45) is 0 Å². The number of carbonyl (C=O) groups excluding carboxylic acids is 4. The van der Waals surface area contributed by atoms with Gasteiger partial charge in [0.25, 0.3) is 0 Å². The molecule has 20 heteroatoms. The molecular formula is C36H48N8O12. The zero-order chi connectivity index (χ0) is 41.0. The first-order valence-electron chi connectivity index (χ1n) is 17.6. The van der Waals surface area contributed by atoms with E-state index in [0.29, 0.717) is 22.3 Å². The van der Waals surface area contributed by atoms with Crippen LogP contribution in [-0.2, 0) is 64.5 Å². The normalized spacial score (nSPS) is 17.7. The zero-order valence-corrected chi connectivity index (χ0v) is 30.8. The molecule has 2 aromatic rings. The summed E-state index contributed by atoms with van der Waals surface area (Å²) in [5.41, 5.74) is 2.80. The highest BCUT2D eigenvalue weighted by Gasteiger charge is 2.21. The van der Waals surface area contributed by atoms with Gasteiger partial charge in [0.2, 0.25) is 23.6 Å². The Balaban J connectivity index is 1.76. The highest BCUT2D eigenvalue weighted by atomic mass is 16.4. The Morgan fingerprint density at radius 1 is 0.393 bits per heavy atom. The minimum atomic E-state index is -1.20. The quantitative estimate of drug-likeness (QED) is 0.136. The van der Waals surface area contributed by atoms with Crippen molar-refractivity contribution in [1.29, 1.82) is 0 Å². The number of nitrogens with zero attached hydrogens (tertiary/aromatic N) is 4. The first kappa shape index (κ1) is 44.4. The van der Waals surface area contributed by atoms with E-state index in [9.17, 15) is 58.8 Å². The maximum absolute atomic E-state index is 12.8. The van der Waals surface area contributed by atoms with Crippen molar-refractivity contribution in [1.82, 2.24) is 40.9 Å². The molecule has 8 N–H and O–H groups in total. The minimum absolute atomic E-state index is 0.0235.